The van der Waals surface area contributed by atoms with Gasteiger partial charge in [0.1, 0.15) is 0 Å². The van der Waals surface area contributed by atoms with Gasteiger partial charge >= 0.3 is 0 Å². The molecule has 0 radical (unpaired) electrons. The van der Waals surface area contributed by atoms with Crippen LogP contribution in [0.15, 0.2) is 30.3 Å². The van der Waals surface area contributed by atoms with Gasteiger partial charge in [-0.2, -0.15) is 0 Å². The number of benzene rings is 1. The highest BCUT2D eigenvalue weighted by atomic mass is 35.5. The lowest BCUT2D eigenvalue weighted by molar-refractivity contribution is -0.135. The quantitative estimate of drug-likeness (QED) is 0.832. The number of nitrogens with one attached hydrogen (secondary N) is 1. The van der Waals surface area contributed by atoms with Crippen LogP contribution in [0.3, 0.4) is 0 Å². The summed E-state index contributed by atoms with van der Waals surface area (Å²) in [6.45, 7) is 2.47. The van der Waals surface area contributed by atoms with E-state index in [1.165, 1.54) is 31.2 Å². The first-order chi connectivity index (χ1) is 12.8. The maximum absolute atomic E-state index is 12.9. The number of fused-ring (bicyclic) bond motifs is 1. The summed E-state index contributed by atoms with van der Waals surface area (Å²) in [5, 5.41) is 3.63. The topological polar surface area (TPSA) is 41.6 Å². The minimum Gasteiger partial charge on any atom is -0.378 e. The SMILES string of the molecule is Cl.O=C(C1CC2CCCCC2N1)N1CCC(OCCc2ccccc2)CC1. The molecule has 1 saturated carbocycles. The zero-order valence-electron chi connectivity index (χ0n) is 16.1. The molecular weight excluding hydrogens is 360 g/mol. The Morgan fingerprint density at radius 3 is 2.56 bits per heavy atom. The van der Waals surface area contributed by atoms with Crippen molar-refractivity contribution in [3.63, 3.8) is 0 Å². The van der Waals surface area contributed by atoms with E-state index < -0.39 is 0 Å². The highest BCUT2D eigenvalue weighted by Gasteiger charge is 2.40. The average Bonchev–Trinajstić information content (AvgIpc) is 3.13. The highest BCUT2D eigenvalue weighted by molar-refractivity contribution is 5.85. The summed E-state index contributed by atoms with van der Waals surface area (Å²) >= 11 is 0. The van der Waals surface area contributed by atoms with E-state index in [4.69, 9.17) is 4.74 Å². The second kappa shape index (κ2) is 9.90. The third-order valence-electron chi connectivity index (χ3n) is 6.50. The predicted octanol–water partition coefficient (Wildman–Crippen LogP) is 3.58. The summed E-state index contributed by atoms with van der Waals surface area (Å²) in [6.07, 6.45) is 9.49. The van der Waals surface area contributed by atoms with Crippen molar-refractivity contribution in [2.24, 2.45) is 5.92 Å². The van der Waals surface area contributed by atoms with Crippen LogP contribution in [0.1, 0.15) is 50.5 Å². The first-order valence-electron chi connectivity index (χ1n) is 10.5. The van der Waals surface area contributed by atoms with E-state index >= 15 is 0 Å². The fourth-order valence-corrected chi connectivity index (χ4v) is 4.96. The van der Waals surface area contributed by atoms with Crippen LogP contribution < -0.4 is 5.32 Å². The van der Waals surface area contributed by atoms with Crippen LogP contribution in [-0.4, -0.2) is 48.7 Å². The first-order valence-corrected chi connectivity index (χ1v) is 10.5. The molecule has 3 aliphatic rings. The monoisotopic (exact) mass is 392 g/mol. The van der Waals surface area contributed by atoms with Crippen LogP contribution in [0, 0.1) is 5.92 Å². The molecule has 2 heterocycles. The lowest BCUT2D eigenvalue weighted by Crippen LogP contribution is -2.49. The van der Waals surface area contributed by atoms with E-state index in [9.17, 15) is 4.79 Å². The second-order valence-electron chi connectivity index (χ2n) is 8.24. The molecule has 2 saturated heterocycles. The fourth-order valence-electron chi connectivity index (χ4n) is 4.96. The lowest BCUT2D eigenvalue weighted by atomic mass is 9.85. The van der Waals surface area contributed by atoms with Gasteiger partial charge in [0.25, 0.3) is 0 Å². The molecule has 3 unspecified atom stereocenters. The van der Waals surface area contributed by atoms with Crippen LogP contribution in [0.5, 0.6) is 0 Å². The summed E-state index contributed by atoms with van der Waals surface area (Å²) in [5.41, 5.74) is 1.33. The van der Waals surface area contributed by atoms with Crippen molar-refractivity contribution in [3.05, 3.63) is 35.9 Å². The van der Waals surface area contributed by atoms with Crippen molar-refractivity contribution >= 4 is 18.3 Å². The molecule has 150 valence electrons. The minimum absolute atomic E-state index is 0. The number of halogens is 1. The number of carbonyl (C=O) groups excluding carboxylic acids is 1. The number of hydrogen-bond acceptors (Lipinski definition) is 3. The van der Waals surface area contributed by atoms with E-state index in [0.29, 0.717) is 18.1 Å². The fraction of sp³-hybridized carbons (Fsp3) is 0.682. The van der Waals surface area contributed by atoms with E-state index in [-0.39, 0.29) is 18.4 Å². The Labute approximate surface area is 169 Å². The number of nitrogens with zero attached hydrogens (tertiary/aromatic N) is 1. The third kappa shape index (κ3) is 5.24. The van der Waals surface area contributed by atoms with Crippen LogP contribution in [-0.2, 0) is 16.0 Å². The van der Waals surface area contributed by atoms with Crippen molar-refractivity contribution < 1.29 is 9.53 Å². The van der Waals surface area contributed by atoms with Crippen molar-refractivity contribution in [1.29, 1.82) is 0 Å². The molecule has 0 aromatic heterocycles. The molecule has 1 aromatic carbocycles. The molecule has 4 nitrogen and oxygen atoms in total. The van der Waals surface area contributed by atoms with Gasteiger partial charge in [0.05, 0.1) is 18.8 Å². The first kappa shape index (κ1) is 20.6. The number of hydrogen-bond donors (Lipinski definition) is 1. The van der Waals surface area contributed by atoms with Gasteiger partial charge in [-0.15, -0.1) is 12.4 Å². The number of carbonyl (C=O) groups is 1. The summed E-state index contributed by atoms with van der Waals surface area (Å²) < 4.78 is 6.06. The highest BCUT2D eigenvalue weighted by Crippen LogP contribution is 2.34. The van der Waals surface area contributed by atoms with Crippen LogP contribution in [0.2, 0.25) is 0 Å². The summed E-state index contributed by atoms with van der Waals surface area (Å²) in [7, 11) is 0. The van der Waals surface area contributed by atoms with Crippen LogP contribution in [0.25, 0.3) is 0 Å². The Balaban J connectivity index is 0.00000210. The van der Waals surface area contributed by atoms with Gasteiger partial charge in [0.15, 0.2) is 0 Å². The van der Waals surface area contributed by atoms with Crippen molar-refractivity contribution in [1.82, 2.24) is 10.2 Å². The molecular formula is C22H33ClN2O2. The number of likely N-dealkylation sites (tertiary alicyclic amines) is 1. The summed E-state index contributed by atoms with van der Waals surface area (Å²) in [5.74, 6) is 1.07. The molecule has 0 spiro atoms. The summed E-state index contributed by atoms with van der Waals surface area (Å²) in [6, 6.07) is 11.2. The molecule has 1 aromatic rings. The summed E-state index contributed by atoms with van der Waals surface area (Å²) in [4.78, 5) is 14.9. The molecule has 1 amide bonds. The van der Waals surface area contributed by atoms with Gasteiger partial charge in [-0.05, 0) is 50.0 Å². The van der Waals surface area contributed by atoms with Gasteiger partial charge in [-0.3, -0.25) is 4.79 Å². The maximum atomic E-state index is 12.9. The Hall–Kier alpha value is -1.10. The predicted molar refractivity (Wildman–Crippen MR) is 110 cm³/mol. The van der Waals surface area contributed by atoms with Gasteiger partial charge in [0.2, 0.25) is 5.91 Å². The van der Waals surface area contributed by atoms with Crippen molar-refractivity contribution in [3.8, 4) is 0 Å². The van der Waals surface area contributed by atoms with Crippen molar-refractivity contribution in [2.75, 3.05) is 19.7 Å². The normalized spacial score (nSPS) is 28.4. The van der Waals surface area contributed by atoms with E-state index in [1.54, 1.807) is 0 Å². The van der Waals surface area contributed by atoms with Crippen LogP contribution >= 0.6 is 12.4 Å². The smallest absolute Gasteiger partial charge is 0.239 e. The largest absolute Gasteiger partial charge is 0.378 e. The molecule has 3 atom stereocenters. The van der Waals surface area contributed by atoms with Gasteiger partial charge in [-0.25, -0.2) is 0 Å². The number of rotatable bonds is 5. The molecule has 2 aliphatic heterocycles. The Kier molecular flexibility index (Phi) is 7.57. The molecule has 3 fully saturated rings. The standard InChI is InChI=1S/C22H32N2O2.ClH/c25-22(21-16-18-8-4-5-9-20(18)23-21)24-13-10-19(11-14-24)26-15-12-17-6-2-1-3-7-17;/h1-3,6-7,18-21,23H,4-5,8-16H2;1H. The average molecular weight is 393 g/mol. The van der Waals surface area contributed by atoms with Gasteiger partial charge < -0.3 is 15.0 Å². The maximum Gasteiger partial charge on any atom is 0.239 e. The van der Waals surface area contributed by atoms with E-state index in [2.05, 4.69) is 34.5 Å². The van der Waals surface area contributed by atoms with Crippen molar-refractivity contribution in [2.45, 2.75) is 69.6 Å². The zero-order valence-corrected chi connectivity index (χ0v) is 17.0. The molecule has 5 heteroatoms. The molecule has 1 aliphatic carbocycles. The van der Waals surface area contributed by atoms with Gasteiger partial charge in [0, 0.05) is 19.1 Å². The molecule has 27 heavy (non-hydrogen) atoms. The van der Waals surface area contributed by atoms with E-state index in [1.807, 2.05) is 6.07 Å². The number of piperidine rings is 1. The Bertz CT molecular complexity index is 575. The lowest BCUT2D eigenvalue weighted by Gasteiger charge is -2.33. The Morgan fingerprint density at radius 2 is 1.81 bits per heavy atom. The number of amides is 1. The van der Waals surface area contributed by atoms with Gasteiger partial charge in [-0.1, -0.05) is 43.2 Å². The molecule has 1 N–H and O–H groups in total. The minimum atomic E-state index is 0. The van der Waals surface area contributed by atoms with Crippen LogP contribution in [0.4, 0.5) is 0 Å². The third-order valence-corrected chi connectivity index (χ3v) is 6.50. The van der Waals surface area contributed by atoms with E-state index in [0.717, 1.165) is 51.3 Å². The second-order valence-corrected chi connectivity index (χ2v) is 8.24. The zero-order chi connectivity index (χ0) is 17.8. The molecule has 4 rings (SSSR count). The number of ether oxygens (including phenoxy) is 1. The molecule has 0 bridgehead atoms. The Morgan fingerprint density at radius 1 is 1.07 bits per heavy atom.